The van der Waals surface area contributed by atoms with Gasteiger partial charge in [-0.3, -0.25) is 4.79 Å². The van der Waals surface area contributed by atoms with E-state index in [1.54, 1.807) is 14.2 Å². The second-order valence-corrected chi connectivity index (χ2v) is 8.67. The van der Waals surface area contributed by atoms with Crippen LogP contribution in [0.4, 0.5) is 0 Å². The molecule has 1 aromatic heterocycles. The molecular formula is C27H30N2O3. The third-order valence-electron chi connectivity index (χ3n) is 6.85. The molecule has 1 aliphatic heterocycles. The zero-order valence-corrected chi connectivity index (χ0v) is 18.8. The highest BCUT2D eigenvalue weighted by atomic mass is 16.5. The van der Waals surface area contributed by atoms with E-state index in [9.17, 15) is 4.79 Å². The molecule has 0 saturated heterocycles. The van der Waals surface area contributed by atoms with Crippen molar-refractivity contribution in [2.24, 2.45) is 0 Å². The highest BCUT2D eigenvalue weighted by molar-refractivity contribution is 5.87. The first kappa shape index (κ1) is 20.7. The van der Waals surface area contributed by atoms with Gasteiger partial charge in [-0.15, -0.1) is 0 Å². The molecule has 1 atom stereocenters. The van der Waals surface area contributed by atoms with Crippen LogP contribution in [0, 0.1) is 0 Å². The average Bonchev–Trinajstić information content (AvgIpc) is 3.22. The zero-order valence-electron chi connectivity index (χ0n) is 18.8. The zero-order chi connectivity index (χ0) is 22.1. The first-order valence-corrected chi connectivity index (χ1v) is 11.5. The number of rotatable bonds is 5. The smallest absolute Gasteiger partial charge is 0.227 e. The second kappa shape index (κ2) is 8.73. The first-order valence-electron chi connectivity index (χ1n) is 11.5. The summed E-state index contributed by atoms with van der Waals surface area (Å²) in [6.45, 7) is 0.686. The van der Waals surface area contributed by atoms with Gasteiger partial charge in [0.05, 0.1) is 14.2 Å². The van der Waals surface area contributed by atoms with E-state index in [2.05, 4.69) is 29.3 Å². The molecule has 166 valence electrons. The number of hydrogen-bond acceptors (Lipinski definition) is 3. The third-order valence-corrected chi connectivity index (χ3v) is 6.85. The number of benzene rings is 2. The molecule has 0 saturated carbocycles. The van der Waals surface area contributed by atoms with Gasteiger partial charge in [0.15, 0.2) is 11.5 Å². The van der Waals surface area contributed by atoms with Crippen molar-refractivity contribution in [1.82, 2.24) is 9.88 Å². The van der Waals surface area contributed by atoms with Crippen molar-refractivity contribution in [2.75, 3.05) is 20.8 Å². The van der Waals surface area contributed by atoms with E-state index >= 15 is 0 Å². The highest BCUT2D eigenvalue weighted by Crippen LogP contribution is 2.44. The molecule has 2 aliphatic rings. The average molecular weight is 431 g/mol. The topological polar surface area (TPSA) is 54.6 Å². The lowest BCUT2D eigenvalue weighted by Gasteiger charge is -2.37. The van der Waals surface area contributed by atoms with Crippen molar-refractivity contribution in [3.8, 4) is 11.5 Å². The molecule has 3 aromatic rings. The Labute approximate surface area is 189 Å². The summed E-state index contributed by atoms with van der Waals surface area (Å²) < 4.78 is 11.4. The van der Waals surface area contributed by atoms with Gasteiger partial charge < -0.3 is 19.4 Å². The Morgan fingerprint density at radius 3 is 2.72 bits per heavy atom. The molecule has 2 aromatic carbocycles. The van der Waals surface area contributed by atoms with Crippen LogP contribution in [0.25, 0.3) is 10.9 Å². The molecule has 0 bridgehead atoms. The van der Waals surface area contributed by atoms with Crippen LogP contribution in [-0.2, 0) is 11.2 Å². The summed E-state index contributed by atoms with van der Waals surface area (Å²) in [5, 5.41) is 1.23. The maximum absolute atomic E-state index is 13.6. The minimum Gasteiger partial charge on any atom is -0.493 e. The second-order valence-electron chi connectivity index (χ2n) is 8.67. The molecule has 32 heavy (non-hydrogen) atoms. The number of nitrogens with zero attached hydrogens (tertiary/aromatic N) is 1. The molecule has 1 amide bonds. The fourth-order valence-corrected chi connectivity index (χ4v) is 5.32. The molecule has 2 heterocycles. The molecule has 5 rings (SSSR count). The summed E-state index contributed by atoms with van der Waals surface area (Å²) >= 11 is 0. The van der Waals surface area contributed by atoms with Crippen molar-refractivity contribution < 1.29 is 14.3 Å². The normalized spacial score (nSPS) is 18.2. The van der Waals surface area contributed by atoms with E-state index in [0.717, 1.165) is 36.0 Å². The van der Waals surface area contributed by atoms with Crippen LogP contribution < -0.4 is 9.47 Å². The number of nitrogens with one attached hydrogen (secondary N) is 1. The number of carbonyl (C=O) groups excluding carboxylic acids is 1. The molecule has 5 heteroatoms. The summed E-state index contributed by atoms with van der Waals surface area (Å²) in [5.41, 5.74) is 5.70. The lowest BCUT2D eigenvalue weighted by atomic mass is 9.90. The number of amides is 1. The van der Waals surface area contributed by atoms with Gasteiger partial charge in [0.1, 0.15) is 6.04 Å². The Morgan fingerprint density at radius 2 is 1.94 bits per heavy atom. The van der Waals surface area contributed by atoms with Gasteiger partial charge in [0, 0.05) is 35.1 Å². The van der Waals surface area contributed by atoms with Crippen LogP contribution in [0.15, 0.2) is 54.1 Å². The van der Waals surface area contributed by atoms with Gasteiger partial charge in [-0.05, 0) is 49.8 Å². The minimum absolute atomic E-state index is 0.178. The summed E-state index contributed by atoms with van der Waals surface area (Å²) in [4.78, 5) is 19.3. The molecule has 1 N–H and O–H groups in total. The number of allylic oxidation sites excluding steroid dienone is 1. The van der Waals surface area contributed by atoms with E-state index in [0.29, 0.717) is 24.5 Å². The number of H-pyrrole nitrogens is 1. The SMILES string of the molecule is COc1cccc([C@H]2c3[nH]c4ccccc4c3CCN2C(=O)CC2=CCCCC2)c1OC. The molecule has 1 aliphatic carbocycles. The quantitative estimate of drug-likeness (QED) is 0.540. The fraction of sp³-hybridized carbons (Fsp3) is 0.370. The Balaban J connectivity index is 1.63. The summed E-state index contributed by atoms with van der Waals surface area (Å²) in [6, 6.07) is 14.1. The molecular weight excluding hydrogens is 400 g/mol. The Morgan fingerprint density at radius 1 is 1.06 bits per heavy atom. The standard InChI is InChI=1S/C27H30N2O3/c1-31-23-14-8-12-21(27(23)32-2)26-25-20(19-11-6-7-13-22(19)28-25)15-16-29(26)24(30)17-18-9-4-3-5-10-18/h6-9,11-14,26,28H,3-5,10,15-17H2,1-2H3/t26-/m0/s1. The number of para-hydroxylation sites is 2. The Hall–Kier alpha value is -3.21. The lowest BCUT2D eigenvalue weighted by Crippen LogP contribution is -2.41. The van der Waals surface area contributed by atoms with Gasteiger partial charge in [-0.2, -0.15) is 0 Å². The monoisotopic (exact) mass is 430 g/mol. The number of aromatic nitrogens is 1. The maximum atomic E-state index is 13.6. The summed E-state index contributed by atoms with van der Waals surface area (Å²) in [7, 11) is 3.31. The van der Waals surface area contributed by atoms with Crippen molar-refractivity contribution in [1.29, 1.82) is 0 Å². The number of ether oxygens (including phenoxy) is 2. The molecule has 0 spiro atoms. The van der Waals surface area contributed by atoms with E-state index in [4.69, 9.17) is 9.47 Å². The maximum Gasteiger partial charge on any atom is 0.227 e. The van der Waals surface area contributed by atoms with Crippen LogP contribution in [-0.4, -0.2) is 36.6 Å². The van der Waals surface area contributed by atoms with Crippen LogP contribution in [0.5, 0.6) is 11.5 Å². The predicted octanol–water partition coefficient (Wildman–Crippen LogP) is 5.55. The number of carbonyl (C=O) groups is 1. The Bertz CT molecular complexity index is 1180. The van der Waals surface area contributed by atoms with Gasteiger partial charge in [0.25, 0.3) is 0 Å². The van der Waals surface area contributed by atoms with E-state index in [1.165, 1.54) is 29.4 Å². The lowest BCUT2D eigenvalue weighted by molar-refractivity contribution is -0.132. The van der Waals surface area contributed by atoms with Crippen LogP contribution >= 0.6 is 0 Å². The predicted molar refractivity (Wildman–Crippen MR) is 126 cm³/mol. The van der Waals surface area contributed by atoms with Crippen LogP contribution in [0.1, 0.15) is 55.0 Å². The highest BCUT2D eigenvalue weighted by Gasteiger charge is 2.36. The number of hydrogen-bond donors (Lipinski definition) is 1. The fourth-order valence-electron chi connectivity index (χ4n) is 5.32. The van der Waals surface area contributed by atoms with Crippen molar-refractivity contribution in [3.05, 3.63) is 70.9 Å². The molecule has 5 nitrogen and oxygen atoms in total. The van der Waals surface area contributed by atoms with Crippen LogP contribution in [0.3, 0.4) is 0 Å². The molecule has 0 unspecified atom stereocenters. The molecule has 0 radical (unpaired) electrons. The van der Waals surface area contributed by atoms with Crippen molar-refractivity contribution in [3.63, 3.8) is 0 Å². The van der Waals surface area contributed by atoms with Gasteiger partial charge in [0.2, 0.25) is 5.91 Å². The van der Waals surface area contributed by atoms with Crippen LogP contribution in [0.2, 0.25) is 0 Å². The minimum atomic E-state index is -0.243. The van der Waals surface area contributed by atoms with Gasteiger partial charge >= 0.3 is 0 Å². The number of aromatic amines is 1. The number of methoxy groups -OCH3 is 2. The summed E-state index contributed by atoms with van der Waals surface area (Å²) in [5.74, 6) is 1.54. The summed E-state index contributed by atoms with van der Waals surface area (Å²) in [6.07, 6.45) is 8.13. The van der Waals surface area contributed by atoms with E-state index in [1.807, 2.05) is 29.2 Å². The van der Waals surface area contributed by atoms with Crippen molar-refractivity contribution >= 4 is 16.8 Å². The van der Waals surface area contributed by atoms with Gasteiger partial charge in [-0.25, -0.2) is 0 Å². The molecule has 0 fully saturated rings. The van der Waals surface area contributed by atoms with Crippen molar-refractivity contribution in [2.45, 2.75) is 44.6 Å². The largest absolute Gasteiger partial charge is 0.493 e. The Kier molecular flexibility index (Phi) is 5.64. The van der Waals surface area contributed by atoms with Gasteiger partial charge in [-0.1, -0.05) is 42.0 Å². The first-order chi connectivity index (χ1) is 15.7. The van der Waals surface area contributed by atoms with E-state index in [-0.39, 0.29) is 11.9 Å². The number of fused-ring (bicyclic) bond motifs is 3. The van der Waals surface area contributed by atoms with E-state index < -0.39 is 0 Å². The third kappa shape index (κ3) is 3.56.